The van der Waals surface area contributed by atoms with E-state index in [0.717, 1.165) is 31.6 Å². The average molecular weight is 271 g/mol. The minimum Gasteiger partial charge on any atom is -0.333 e. The quantitative estimate of drug-likeness (QED) is 0.837. The number of hydrogen-bond donors (Lipinski definition) is 1. The zero-order valence-corrected chi connectivity index (χ0v) is 12.5. The molecule has 1 aromatic carbocycles. The summed E-state index contributed by atoms with van der Waals surface area (Å²) in [5.74, 6) is 1.13. The first-order valence-corrected chi connectivity index (χ1v) is 7.59. The molecule has 2 N–H and O–H groups in total. The Morgan fingerprint density at radius 3 is 2.45 bits per heavy atom. The molecule has 1 aromatic heterocycles. The van der Waals surface area contributed by atoms with Gasteiger partial charge < -0.3 is 10.3 Å². The Bertz CT molecular complexity index is 513. The van der Waals surface area contributed by atoms with Gasteiger partial charge in [0.25, 0.3) is 0 Å². The van der Waals surface area contributed by atoms with Crippen LogP contribution in [-0.2, 0) is 19.4 Å². The van der Waals surface area contributed by atoms with E-state index in [1.165, 1.54) is 17.5 Å². The van der Waals surface area contributed by atoms with E-state index in [9.17, 15) is 0 Å². The molecule has 0 saturated carbocycles. The van der Waals surface area contributed by atoms with Crippen LogP contribution >= 0.6 is 0 Å². The van der Waals surface area contributed by atoms with Gasteiger partial charge in [-0.05, 0) is 24.0 Å². The molecule has 1 heterocycles. The molecule has 0 amide bonds. The molecule has 0 aliphatic heterocycles. The van der Waals surface area contributed by atoms with Crippen molar-refractivity contribution in [3.8, 4) is 0 Å². The molecule has 2 aromatic rings. The molecule has 0 aliphatic rings. The number of imidazole rings is 1. The standard InChI is InChI=1S/C17H25N3/c1-3-5-14-7-9-15(10-8-14)16(18)13-20-12-11-19-17(20)6-4-2/h7-12,16H,3-6,13,18H2,1-2H3. The smallest absolute Gasteiger partial charge is 0.108 e. The number of aromatic nitrogens is 2. The Balaban J connectivity index is 2.03. The third kappa shape index (κ3) is 3.70. The maximum absolute atomic E-state index is 6.33. The topological polar surface area (TPSA) is 43.8 Å². The summed E-state index contributed by atoms with van der Waals surface area (Å²) in [6.07, 6.45) is 8.32. The molecule has 0 spiro atoms. The maximum atomic E-state index is 6.33. The van der Waals surface area contributed by atoms with Crippen LogP contribution < -0.4 is 5.73 Å². The number of rotatable bonds is 7. The Kier molecular flexibility index (Phi) is 5.36. The lowest BCUT2D eigenvalue weighted by Crippen LogP contribution is -2.18. The number of nitrogens with two attached hydrogens (primary N) is 1. The van der Waals surface area contributed by atoms with Crippen molar-refractivity contribution in [3.05, 3.63) is 53.6 Å². The van der Waals surface area contributed by atoms with Crippen LogP contribution in [0.5, 0.6) is 0 Å². The lowest BCUT2D eigenvalue weighted by molar-refractivity contribution is 0.552. The Morgan fingerprint density at radius 1 is 1.10 bits per heavy atom. The third-order valence-corrected chi connectivity index (χ3v) is 3.62. The summed E-state index contributed by atoms with van der Waals surface area (Å²) in [6.45, 7) is 5.17. The van der Waals surface area contributed by atoms with Gasteiger partial charge >= 0.3 is 0 Å². The van der Waals surface area contributed by atoms with Crippen LogP contribution in [0.1, 0.15) is 49.7 Å². The van der Waals surface area contributed by atoms with Gasteiger partial charge in [0.15, 0.2) is 0 Å². The SMILES string of the molecule is CCCc1ccc(C(N)Cn2ccnc2CCC)cc1. The monoisotopic (exact) mass is 271 g/mol. The van der Waals surface area contributed by atoms with Crippen LogP contribution in [0.3, 0.4) is 0 Å². The van der Waals surface area contributed by atoms with Crippen molar-refractivity contribution in [2.45, 2.75) is 52.1 Å². The van der Waals surface area contributed by atoms with E-state index in [1.54, 1.807) is 0 Å². The van der Waals surface area contributed by atoms with Gasteiger partial charge in [0.2, 0.25) is 0 Å². The number of hydrogen-bond acceptors (Lipinski definition) is 2. The lowest BCUT2D eigenvalue weighted by Gasteiger charge is -2.15. The van der Waals surface area contributed by atoms with Gasteiger partial charge in [-0.25, -0.2) is 4.98 Å². The first kappa shape index (κ1) is 14.8. The van der Waals surface area contributed by atoms with Crippen molar-refractivity contribution in [3.63, 3.8) is 0 Å². The molecule has 0 bridgehead atoms. The highest BCUT2D eigenvalue weighted by Crippen LogP contribution is 2.16. The van der Waals surface area contributed by atoms with Gasteiger partial charge in [-0.2, -0.15) is 0 Å². The fraction of sp³-hybridized carbons (Fsp3) is 0.471. The summed E-state index contributed by atoms with van der Waals surface area (Å²) in [7, 11) is 0. The summed E-state index contributed by atoms with van der Waals surface area (Å²) in [6, 6.07) is 8.73. The van der Waals surface area contributed by atoms with Gasteiger partial charge in [0.1, 0.15) is 5.82 Å². The lowest BCUT2D eigenvalue weighted by atomic mass is 10.0. The molecule has 20 heavy (non-hydrogen) atoms. The Labute approximate surface area is 121 Å². The number of aryl methyl sites for hydroxylation is 2. The van der Waals surface area contributed by atoms with Gasteiger partial charge in [-0.15, -0.1) is 0 Å². The van der Waals surface area contributed by atoms with Crippen LogP contribution in [0.15, 0.2) is 36.7 Å². The molecular weight excluding hydrogens is 246 g/mol. The molecule has 0 fully saturated rings. The number of benzene rings is 1. The number of nitrogens with zero attached hydrogens (tertiary/aromatic N) is 2. The van der Waals surface area contributed by atoms with Gasteiger partial charge in [0, 0.05) is 31.4 Å². The second-order valence-corrected chi connectivity index (χ2v) is 5.34. The zero-order chi connectivity index (χ0) is 14.4. The summed E-state index contributed by atoms with van der Waals surface area (Å²) in [5.41, 5.74) is 8.91. The van der Waals surface area contributed by atoms with E-state index >= 15 is 0 Å². The fourth-order valence-electron chi connectivity index (χ4n) is 2.50. The first-order chi connectivity index (χ1) is 9.74. The predicted octanol–water partition coefficient (Wildman–Crippen LogP) is 3.49. The molecule has 0 saturated heterocycles. The van der Waals surface area contributed by atoms with Crippen LogP contribution in [0.25, 0.3) is 0 Å². The van der Waals surface area contributed by atoms with Crippen molar-refractivity contribution in [2.75, 3.05) is 0 Å². The van der Waals surface area contributed by atoms with Crippen LogP contribution in [0.4, 0.5) is 0 Å². The molecule has 108 valence electrons. The summed E-state index contributed by atoms with van der Waals surface area (Å²) in [5, 5.41) is 0. The average Bonchev–Trinajstić information content (AvgIpc) is 2.88. The molecule has 1 atom stereocenters. The van der Waals surface area contributed by atoms with E-state index in [-0.39, 0.29) is 6.04 Å². The van der Waals surface area contributed by atoms with Crippen molar-refractivity contribution in [2.24, 2.45) is 5.73 Å². The highest BCUT2D eigenvalue weighted by molar-refractivity contribution is 5.25. The minimum absolute atomic E-state index is 0.0236. The largest absolute Gasteiger partial charge is 0.333 e. The van der Waals surface area contributed by atoms with E-state index in [4.69, 9.17) is 5.73 Å². The summed E-state index contributed by atoms with van der Waals surface area (Å²) in [4.78, 5) is 4.40. The highest BCUT2D eigenvalue weighted by atomic mass is 15.1. The van der Waals surface area contributed by atoms with Crippen LogP contribution in [-0.4, -0.2) is 9.55 Å². The molecule has 2 rings (SSSR count). The van der Waals surface area contributed by atoms with E-state index in [2.05, 4.69) is 47.7 Å². The second-order valence-electron chi connectivity index (χ2n) is 5.34. The first-order valence-electron chi connectivity index (χ1n) is 7.59. The highest BCUT2D eigenvalue weighted by Gasteiger charge is 2.09. The summed E-state index contributed by atoms with van der Waals surface area (Å²) >= 11 is 0. The van der Waals surface area contributed by atoms with Gasteiger partial charge in [-0.3, -0.25) is 0 Å². The van der Waals surface area contributed by atoms with Crippen LogP contribution in [0, 0.1) is 0 Å². The van der Waals surface area contributed by atoms with Crippen molar-refractivity contribution in [1.29, 1.82) is 0 Å². The summed E-state index contributed by atoms with van der Waals surface area (Å²) < 4.78 is 2.17. The molecule has 0 radical (unpaired) electrons. The minimum atomic E-state index is 0.0236. The normalized spacial score (nSPS) is 12.6. The van der Waals surface area contributed by atoms with Crippen molar-refractivity contribution < 1.29 is 0 Å². The van der Waals surface area contributed by atoms with Crippen molar-refractivity contribution in [1.82, 2.24) is 9.55 Å². The van der Waals surface area contributed by atoms with Gasteiger partial charge in [0.05, 0.1) is 0 Å². The molecule has 3 heteroatoms. The van der Waals surface area contributed by atoms with Gasteiger partial charge in [-0.1, -0.05) is 44.5 Å². The van der Waals surface area contributed by atoms with Crippen molar-refractivity contribution >= 4 is 0 Å². The molecular formula is C17H25N3. The second kappa shape index (κ2) is 7.25. The van der Waals surface area contributed by atoms with Crippen LogP contribution in [0.2, 0.25) is 0 Å². The molecule has 3 nitrogen and oxygen atoms in total. The molecule has 1 unspecified atom stereocenters. The predicted molar refractivity (Wildman–Crippen MR) is 83.6 cm³/mol. The Hall–Kier alpha value is -1.61. The third-order valence-electron chi connectivity index (χ3n) is 3.62. The Morgan fingerprint density at radius 2 is 1.80 bits per heavy atom. The van der Waals surface area contributed by atoms with E-state index in [1.807, 2.05) is 12.4 Å². The molecule has 0 aliphatic carbocycles. The van der Waals surface area contributed by atoms with E-state index < -0.39 is 0 Å². The maximum Gasteiger partial charge on any atom is 0.108 e. The zero-order valence-electron chi connectivity index (χ0n) is 12.5. The van der Waals surface area contributed by atoms with E-state index in [0.29, 0.717) is 0 Å². The fourth-order valence-corrected chi connectivity index (χ4v) is 2.50.